The van der Waals surface area contributed by atoms with Gasteiger partial charge in [0.1, 0.15) is 11.5 Å². The van der Waals surface area contributed by atoms with E-state index >= 15 is 0 Å². The van der Waals surface area contributed by atoms with Gasteiger partial charge in [0.05, 0.1) is 20.4 Å². The van der Waals surface area contributed by atoms with Crippen molar-refractivity contribution in [3.8, 4) is 11.3 Å². The molecule has 1 amide bonds. The largest absolute Gasteiger partial charge is 0.457 e. The van der Waals surface area contributed by atoms with E-state index in [0.717, 1.165) is 11.8 Å². The molecule has 0 unspecified atom stereocenters. The van der Waals surface area contributed by atoms with Crippen molar-refractivity contribution in [1.82, 2.24) is 0 Å². The Labute approximate surface area is 198 Å². The molecule has 1 saturated heterocycles. The first-order chi connectivity index (χ1) is 15.2. The molecule has 32 heavy (non-hydrogen) atoms. The number of halogens is 1. The number of nitro benzene ring substituents is 2. The minimum atomic E-state index is -0.544. The van der Waals surface area contributed by atoms with Gasteiger partial charge in [-0.2, -0.15) is 0 Å². The smallest absolute Gasteiger partial charge is 0.271 e. The standard InChI is InChI=1S/C20H10BrN3O6S2/c21-16-9-13(24(28)29)4-6-15(16)17-7-5-14(30-17)10-18-19(25)22(20(31)32-18)11-2-1-3-12(8-11)23(26)27/h1-10H/b18-10+. The number of carbonyl (C=O) groups is 1. The molecule has 1 aromatic heterocycles. The fourth-order valence-corrected chi connectivity index (χ4v) is 4.80. The van der Waals surface area contributed by atoms with E-state index in [9.17, 15) is 25.0 Å². The monoisotopic (exact) mass is 531 g/mol. The van der Waals surface area contributed by atoms with Crippen LogP contribution in [0.2, 0.25) is 0 Å². The third-order valence-electron chi connectivity index (χ3n) is 4.42. The summed E-state index contributed by atoms with van der Waals surface area (Å²) < 4.78 is 6.53. The number of anilines is 1. The highest BCUT2D eigenvalue weighted by Crippen LogP contribution is 2.38. The Hall–Kier alpha value is -3.35. The number of benzene rings is 2. The molecule has 0 radical (unpaired) electrons. The van der Waals surface area contributed by atoms with E-state index in [1.807, 2.05) is 0 Å². The summed E-state index contributed by atoms with van der Waals surface area (Å²) in [4.78, 5) is 35.3. The van der Waals surface area contributed by atoms with Gasteiger partial charge in [0.15, 0.2) is 4.32 Å². The third-order valence-corrected chi connectivity index (χ3v) is 6.38. The van der Waals surface area contributed by atoms with Gasteiger partial charge in [0.25, 0.3) is 17.3 Å². The van der Waals surface area contributed by atoms with E-state index < -0.39 is 15.8 Å². The molecule has 9 nitrogen and oxygen atoms in total. The molecule has 2 aromatic carbocycles. The number of amides is 1. The number of nitro groups is 2. The molecule has 1 aliphatic rings. The maximum atomic E-state index is 12.9. The first-order valence-electron chi connectivity index (χ1n) is 8.81. The summed E-state index contributed by atoms with van der Waals surface area (Å²) in [5.41, 5.74) is 0.710. The maximum absolute atomic E-state index is 12.9. The van der Waals surface area contributed by atoms with E-state index in [4.69, 9.17) is 16.6 Å². The molecular weight excluding hydrogens is 522 g/mol. The van der Waals surface area contributed by atoms with Crippen LogP contribution in [0, 0.1) is 20.2 Å². The molecule has 1 aliphatic heterocycles. The molecule has 160 valence electrons. The Bertz CT molecular complexity index is 1340. The lowest BCUT2D eigenvalue weighted by Gasteiger charge is -2.13. The van der Waals surface area contributed by atoms with Crippen molar-refractivity contribution in [3.63, 3.8) is 0 Å². The fourth-order valence-electron chi connectivity index (χ4n) is 2.96. The summed E-state index contributed by atoms with van der Waals surface area (Å²) in [6, 6.07) is 13.3. The quantitative estimate of drug-likeness (QED) is 0.172. The van der Waals surface area contributed by atoms with Crippen molar-refractivity contribution < 1.29 is 19.1 Å². The van der Waals surface area contributed by atoms with E-state index in [1.165, 1.54) is 41.3 Å². The minimum Gasteiger partial charge on any atom is -0.457 e. The highest BCUT2D eigenvalue weighted by Gasteiger charge is 2.34. The zero-order valence-corrected chi connectivity index (χ0v) is 19.0. The zero-order chi connectivity index (χ0) is 23.0. The summed E-state index contributed by atoms with van der Waals surface area (Å²) in [6.07, 6.45) is 1.53. The fraction of sp³-hybridized carbons (Fsp3) is 0. The van der Waals surface area contributed by atoms with Crippen LogP contribution in [0.25, 0.3) is 17.4 Å². The maximum Gasteiger partial charge on any atom is 0.271 e. The van der Waals surface area contributed by atoms with Crippen molar-refractivity contribution in [2.45, 2.75) is 0 Å². The number of non-ortho nitro benzene ring substituents is 2. The van der Waals surface area contributed by atoms with Crippen molar-refractivity contribution in [3.05, 3.63) is 90.0 Å². The molecule has 0 saturated carbocycles. The van der Waals surface area contributed by atoms with Crippen LogP contribution in [-0.2, 0) is 4.79 Å². The molecular formula is C20H10BrN3O6S2. The van der Waals surface area contributed by atoms with E-state index in [0.29, 0.717) is 32.1 Å². The Morgan fingerprint density at radius 3 is 2.44 bits per heavy atom. The van der Waals surface area contributed by atoms with Crippen LogP contribution >= 0.6 is 39.9 Å². The highest BCUT2D eigenvalue weighted by atomic mass is 79.9. The van der Waals surface area contributed by atoms with Gasteiger partial charge in [-0.15, -0.1) is 0 Å². The van der Waals surface area contributed by atoms with Gasteiger partial charge in [-0.1, -0.05) is 30.0 Å². The normalized spacial score (nSPS) is 14.9. The van der Waals surface area contributed by atoms with E-state index in [2.05, 4.69) is 15.9 Å². The minimum absolute atomic E-state index is 0.0581. The Morgan fingerprint density at radius 1 is 1.03 bits per heavy atom. The number of nitrogens with zero attached hydrogens (tertiary/aromatic N) is 3. The lowest BCUT2D eigenvalue weighted by Crippen LogP contribution is -2.27. The van der Waals surface area contributed by atoms with Crippen molar-refractivity contribution in [1.29, 1.82) is 0 Å². The third kappa shape index (κ3) is 4.20. The second-order valence-electron chi connectivity index (χ2n) is 6.42. The number of thiocarbonyl (C=S) groups is 1. The van der Waals surface area contributed by atoms with E-state index in [1.54, 1.807) is 24.3 Å². The first kappa shape index (κ1) is 21.9. The summed E-state index contributed by atoms with van der Waals surface area (Å²) in [6.45, 7) is 0. The van der Waals surface area contributed by atoms with Gasteiger partial charge in [-0.25, -0.2) is 0 Å². The molecule has 0 atom stereocenters. The highest BCUT2D eigenvalue weighted by molar-refractivity contribution is 9.10. The van der Waals surface area contributed by atoms with Gasteiger partial charge in [-0.3, -0.25) is 29.9 Å². The average molecular weight is 532 g/mol. The van der Waals surface area contributed by atoms with Crippen LogP contribution in [0.5, 0.6) is 0 Å². The molecule has 1 fully saturated rings. The summed E-state index contributed by atoms with van der Waals surface area (Å²) in [5.74, 6) is 0.409. The molecule has 3 aromatic rings. The van der Waals surface area contributed by atoms with Gasteiger partial charge >= 0.3 is 0 Å². The second kappa shape index (κ2) is 8.65. The number of hydrogen-bond donors (Lipinski definition) is 0. The number of thioether (sulfide) groups is 1. The van der Waals surface area contributed by atoms with Crippen LogP contribution in [0.15, 0.2) is 68.4 Å². The summed E-state index contributed by atoms with van der Waals surface area (Å²) >= 11 is 9.66. The second-order valence-corrected chi connectivity index (χ2v) is 8.95. The Morgan fingerprint density at radius 2 is 1.75 bits per heavy atom. The molecule has 0 N–H and O–H groups in total. The first-order valence-corrected chi connectivity index (χ1v) is 10.8. The van der Waals surface area contributed by atoms with Crippen molar-refractivity contribution in [2.24, 2.45) is 0 Å². The summed E-state index contributed by atoms with van der Waals surface area (Å²) in [7, 11) is 0. The van der Waals surface area contributed by atoms with E-state index in [-0.39, 0.29) is 15.7 Å². The van der Waals surface area contributed by atoms with Crippen LogP contribution < -0.4 is 4.90 Å². The van der Waals surface area contributed by atoms with Gasteiger partial charge < -0.3 is 4.42 Å². The van der Waals surface area contributed by atoms with Crippen LogP contribution in [0.3, 0.4) is 0 Å². The molecule has 0 bridgehead atoms. The zero-order valence-electron chi connectivity index (χ0n) is 15.8. The number of carbonyl (C=O) groups excluding carboxylic acids is 1. The topological polar surface area (TPSA) is 120 Å². The Balaban J connectivity index is 1.61. The summed E-state index contributed by atoms with van der Waals surface area (Å²) in [5, 5.41) is 21.9. The molecule has 2 heterocycles. The van der Waals surface area contributed by atoms with Gasteiger partial charge in [0, 0.05) is 40.4 Å². The number of rotatable bonds is 5. The SMILES string of the molecule is O=C1/C(=C\c2ccc(-c3ccc([N+](=O)[O-])cc3Br)o2)SC(=S)N1c1cccc([N+](=O)[O-])c1. The molecule has 12 heteroatoms. The lowest BCUT2D eigenvalue weighted by molar-refractivity contribution is -0.385. The van der Waals surface area contributed by atoms with Crippen molar-refractivity contribution >= 4 is 73.3 Å². The number of furan rings is 1. The average Bonchev–Trinajstić information content (AvgIpc) is 3.32. The predicted octanol–water partition coefficient (Wildman–Crippen LogP) is 5.93. The Kier molecular flexibility index (Phi) is 5.91. The van der Waals surface area contributed by atoms with Crippen LogP contribution in [0.4, 0.5) is 17.1 Å². The van der Waals surface area contributed by atoms with Crippen molar-refractivity contribution in [2.75, 3.05) is 4.90 Å². The molecule has 0 spiro atoms. The predicted molar refractivity (Wildman–Crippen MR) is 127 cm³/mol. The lowest BCUT2D eigenvalue weighted by atomic mass is 10.1. The molecule has 4 rings (SSSR count). The van der Waals surface area contributed by atoms with Crippen LogP contribution in [-0.4, -0.2) is 20.1 Å². The van der Waals surface area contributed by atoms with Gasteiger partial charge in [-0.05, 0) is 40.2 Å². The molecule has 0 aliphatic carbocycles. The van der Waals surface area contributed by atoms with Crippen LogP contribution in [0.1, 0.15) is 5.76 Å². The van der Waals surface area contributed by atoms with Gasteiger partial charge in [0.2, 0.25) is 0 Å². The number of hydrogen-bond acceptors (Lipinski definition) is 8.